The quantitative estimate of drug-likeness (QED) is 0.575. The molecule has 0 bridgehead atoms. The number of hydrogen-bond acceptors (Lipinski definition) is 0. The highest BCUT2D eigenvalue weighted by Gasteiger charge is 2.40. The lowest BCUT2D eigenvalue weighted by molar-refractivity contribution is 0.187. The monoisotopic (exact) mass is 274 g/mol. The van der Waals surface area contributed by atoms with E-state index in [1.165, 1.54) is 0 Å². The number of hydrogen-bond donors (Lipinski definition) is 0. The van der Waals surface area contributed by atoms with E-state index < -0.39 is 0 Å². The van der Waals surface area contributed by atoms with Crippen molar-refractivity contribution in [3.8, 4) is 0 Å². The summed E-state index contributed by atoms with van der Waals surface area (Å²) < 4.78 is 0. The molecule has 0 unspecified atom stereocenters. The molecule has 0 nitrogen and oxygen atoms in total. The van der Waals surface area contributed by atoms with E-state index >= 15 is 0 Å². The molecule has 4 saturated carbocycles. The van der Waals surface area contributed by atoms with Gasteiger partial charge in [0.15, 0.2) is 0 Å². The van der Waals surface area contributed by atoms with Gasteiger partial charge in [0.2, 0.25) is 0 Å². The molecule has 0 aromatic carbocycles. The van der Waals surface area contributed by atoms with Crippen molar-refractivity contribution in [2.24, 2.45) is 35.5 Å². The Balaban J connectivity index is 1.30. The Hall–Kier alpha value is 0. The lowest BCUT2D eigenvalue weighted by Crippen LogP contribution is -2.22. The summed E-state index contributed by atoms with van der Waals surface area (Å²) in [7, 11) is 0. The van der Waals surface area contributed by atoms with Gasteiger partial charge in [-0.15, -0.1) is 0 Å². The summed E-state index contributed by atoms with van der Waals surface area (Å²) in [6.45, 7) is 0. The van der Waals surface area contributed by atoms with Crippen molar-refractivity contribution in [2.75, 3.05) is 0 Å². The molecule has 0 saturated heterocycles. The fraction of sp³-hybridized carbons (Fsp3) is 1.00. The van der Waals surface area contributed by atoms with E-state index in [9.17, 15) is 0 Å². The zero-order valence-corrected chi connectivity index (χ0v) is 13.4. The van der Waals surface area contributed by atoms with Gasteiger partial charge in [-0.3, -0.25) is 0 Å². The Bertz CT molecular complexity index is 288. The van der Waals surface area contributed by atoms with Crippen LogP contribution < -0.4 is 0 Å². The van der Waals surface area contributed by atoms with Crippen LogP contribution in [0.3, 0.4) is 0 Å². The molecule has 0 aromatic heterocycles. The van der Waals surface area contributed by atoms with Gasteiger partial charge >= 0.3 is 0 Å². The molecule has 4 rings (SSSR count). The SMILES string of the molecule is C1CC[C@@H]2[C@H](CC[C@H]3CC[C@H]4CCCC[C@@H]34)CC[C@H]2C1. The Morgan fingerprint density at radius 1 is 0.450 bits per heavy atom. The molecule has 20 heavy (non-hydrogen) atoms. The van der Waals surface area contributed by atoms with Crippen LogP contribution in [0.1, 0.15) is 89.9 Å². The molecule has 0 aliphatic heterocycles. The Labute approximate surface area is 126 Å². The first-order valence-corrected chi connectivity index (χ1v) is 9.92. The molecule has 0 spiro atoms. The molecule has 4 fully saturated rings. The van der Waals surface area contributed by atoms with E-state index in [4.69, 9.17) is 0 Å². The summed E-state index contributed by atoms with van der Waals surface area (Å²) in [5.41, 5.74) is 0. The van der Waals surface area contributed by atoms with E-state index in [0.29, 0.717) is 0 Å². The summed E-state index contributed by atoms with van der Waals surface area (Å²) in [5.74, 6) is 6.91. The minimum absolute atomic E-state index is 1.14. The lowest BCUT2D eigenvalue weighted by atomic mass is 9.74. The van der Waals surface area contributed by atoms with E-state index in [-0.39, 0.29) is 0 Å². The first-order valence-electron chi connectivity index (χ1n) is 9.92. The van der Waals surface area contributed by atoms with Crippen LogP contribution in [0.15, 0.2) is 0 Å². The number of fused-ring (bicyclic) bond motifs is 2. The molecule has 0 N–H and O–H groups in total. The van der Waals surface area contributed by atoms with Crippen LogP contribution in [-0.4, -0.2) is 0 Å². The lowest BCUT2D eigenvalue weighted by Gasteiger charge is -2.32. The topological polar surface area (TPSA) is 0 Å². The molecule has 4 aliphatic rings. The summed E-state index contributed by atoms with van der Waals surface area (Å²) in [6.07, 6.45) is 22.1. The average molecular weight is 274 g/mol. The van der Waals surface area contributed by atoms with Gasteiger partial charge in [0.25, 0.3) is 0 Å². The van der Waals surface area contributed by atoms with Crippen LogP contribution in [0.2, 0.25) is 0 Å². The van der Waals surface area contributed by atoms with Crippen LogP contribution in [0.5, 0.6) is 0 Å². The second kappa shape index (κ2) is 6.01. The van der Waals surface area contributed by atoms with Crippen LogP contribution in [-0.2, 0) is 0 Å². The maximum absolute atomic E-state index is 1.61. The van der Waals surface area contributed by atoms with Gasteiger partial charge in [-0.25, -0.2) is 0 Å². The molecule has 0 heterocycles. The van der Waals surface area contributed by atoms with E-state index in [2.05, 4.69) is 0 Å². The van der Waals surface area contributed by atoms with Crippen LogP contribution >= 0.6 is 0 Å². The highest BCUT2D eigenvalue weighted by molar-refractivity contribution is 4.91. The molecule has 0 radical (unpaired) electrons. The molecule has 4 aliphatic carbocycles. The zero-order chi connectivity index (χ0) is 13.4. The van der Waals surface area contributed by atoms with Gasteiger partial charge in [0, 0.05) is 0 Å². The third kappa shape index (κ3) is 2.57. The second-order valence-corrected chi connectivity index (χ2v) is 8.67. The smallest absolute Gasteiger partial charge is 0.0357 e. The third-order valence-corrected chi connectivity index (χ3v) is 7.87. The zero-order valence-electron chi connectivity index (χ0n) is 13.4. The summed E-state index contributed by atoms with van der Waals surface area (Å²) >= 11 is 0. The van der Waals surface area contributed by atoms with Crippen LogP contribution in [0.25, 0.3) is 0 Å². The van der Waals surface area contributed by atoms with Crippen LogP contribution in [0, 0.1) is 35.5 Å². The Morgan fingerprint density at radius 2 is 0.900 bits per heavy atom. The predicted octanol–water partition coefficient (Wildman–Crippen LogP) is 6.20. The summed E-state index contributed by atoms with van der Waals surface area (Å²) in [4.78, 5) is 0. The predicted molar refractivity (Wildman–Crippen MR) is 85.6 cm³/mol. The van der Waals surface area contributed by atoms with Crippen molar-refractivity contribution in [1.29, 1.82) is 0 Å². The second-order valence-electron chi connectivity index (χ2n) is 8.67. The van der Waals surface area contributed by atoms with Crippen molar-refractivity contribution in [1.82, 2.24) is 0 Å². The molecule has 0 amide bonds. The van der Waals surface area contributed by atoms with Gasteiger partial charge < -0.3 is 0 Å². The maximum atomic E-state index is 1.61. The largest absolute Gasteiger partial charge is 0.0530 e. The molecule has 0 aromatic rings. The van der Waals surface area contributed by atoms with Crippen molar-refractivity contribution in [3.63, 3.8) is 0 Å². The normalized spacial score (nSPS) is 48.0. The first-order chi connectivity index (χ1) is 9.92. The van der Waals surface area contributed by atoms with Crippen molar-refractivity contribution in [3.05, 3.63) is 0 Å². The van der Waals surface area contributed by atoms with Gasteiger partial charge in [-0.1, -0.05) is 38.5 Å². The van der Waals surface area contributed by atoms with Crippen LogP contribution in [0.4, 0.5) is 0 Å². The van der Waals surface area contributed by atoms with E-state index in [0.717, 1.165) is 35.5 Å². The minimum Gasteiger partial charge on any atom is -0.0530 e. The van der Waals surface area contributed by atoms with E-state index in [1.807, 2.05) is 0 Å². The maximum Gasteiger partial charge on any atom is -0.0357 e. The summed E-state index contributed by atoms with van der Waals surface area (Å²) in [6, 6.07) is 0. The molecule has 114 valence electrons. The number of rotatable bonds is 3. The van der Waals surface area contributed by atoms with Crippen molar-refractivity contribution < 1.29 is 0 Å². The fourth-order valence-corrected chi connectivity index (χ4v) is 6.86. The van der Waals surface area contributed by atoms with Gasteiger partial charge in [-0.05, 0) is 86.9 Å². The standard InChI is InChI=1S/C20H34/c1-3-7-19-15(5-1)9-11-17(19)13-14-18-12-10-16-6-2-4-8-20(16)18/h15-20H,1-14H2/t15-,16-,17-,18+,19-,20+/m1/s1. The highest BCUT2D eigenvalue weighted by Crippen LogP contribution is 2.51. The van der Waals surface area contributed by atoms with Gasteiger partial charge in [-0.2, -0.15) is 0 Å². The van der Waals surface area contributed by atoms with Gasteiger partial charge in [0.05, 0.1) is 0 Å². The fourth-order valence-electron chi connectivity index (χ4n) is 6.86. The van der Waals surface area contributed by atoms with E-state index in [1.54, 1.807) is 89.9 Å². The first kappa shape index (κ1) is 13.6. The Morgan fingerprint density at radius 3 is 1.40 bits per heavy atom. The summed E-state index contributed by atoms with van der Waals surface area (Å²) in [5, 5.41) is 0. The van der Waals surface area contributed by atoms with Gasteiger partial charge in [0.1, 0.15) is 0 Å². The average Bonchev–Trinajstić information content (AvgIpc) is 3.09. The Kier molecular flexibility index (Phi) is 4.10. The third-order valence-electron chi connectivity index (χ3n) is 7.87. The molecule has 0 heteroatoms. The molecular weight excluding hydrogens is 240 g/mol. The minimum atomic E-state index is 1.14. The molecular formula is C20H34. The highest BCUT2D eigenvalue weighted by atomic mass is 14.5. The van der Waals surface area contributed by atoms with Crippen molar-refractivity contribution >= 4 is 0 Å². The molecule has 6 atom stereocenters. The van der Waals surface area contributed by atoms with Crippen molar-refractivity contribution in [2.45, 2.75) is 89.9 Å².